The van der Waals surface area contributed by atoms with E-state index < -0.39 is 47.7 Å². The van der Waals surface area contributed by atoms with E-state index in [9.17, 15) is 28.8 Å². The molecule has 3 N–H and O–H groups in total. The van der Waals surface area contributed by atoms with Crippen LogP contribution in [0.3, 0.4) is 0 Å². The highest BCUT2D eigenvalue weighted by Crippen LogP contribution is 2.31. The number of esters is 1. The van der Waals surface area contributed by atoms with E-state index in [1.54, 1.807) is 6.92 Å². The normalized spacial score (nSPS) is 19.1. The maximum Gasteiger partial charge on any atom is 0.310 e. The van der Waals surface area contributed by atoms with Gasteiger partial charge in [-0.1, -0.05) is 17.3 Å². The van der Waals surface area contributed by atoms with E-state index in [0.29, 0.717) is 37.1 Å². The minimum absolute atomic E-state index is 0.00952. The lowest BCUT2D eigenvalue weighted by Crippen LogP contribution is -2.55. The van der Waals surface area contributed by atoms with E-state index >= 15 is 0 Å². The summed E-state index contributed by atoms with van der Waals surface area (Å²) in [7, 11) is 0. The number of aromatic nitrogens is 1. The number of nitrogens with one attached hydrogen (secondary N) is 3. The molecule has 0 radical (unpaired) electrons. The molecule has 1 aromatic heterocycles. The molecule has 39 heavy (non-hydrogen) atoms. The number of hydrogen-bond acceptors (Lipinski definition) is 8. The summed E-state index contributed by atoms with van der Waals surface area (Å²) in [5.41, 5.74) is 0.529. The van der Waals surface area contributed by atoms with Gasteiger partial charge in [-0.25, -0.2) is 4.39 Å². The lowest BCUT2D eigenvalue weighted by molar-refractivity contribution is -0.150. The highest BCUT2D eigenvalue weighted by molar-refractivity contribution is 5.96. The molecule has 0 unspecified atom stereocenters. The molecule has 1 saturated heterocycles. The highest BCUT2D eigenvalue weighted by Gasteiger charge is 2.38. The number of aryl methyl sites for hydroxylation is 1. The molecule has 12 heteroatoms. The number of amides is 3. The number of ether oxygens (including phenoxy) is 1. The van der Waals surface area contributed by atoms with Crippen molar-refractivity contribution in [3.8, 4) is 6.07 Å². The van der Waals surface area contributed by atoms with Gasteiger partial charge in [-0.2, -0.15) is 5.26 Å². The molecule has 0 spiro atoms. The summed E-state index contributed by atoms with van der Waals surface area (Å²) in [5.74, 6) is -2.89. The number of halogens is 1. The number of carbonyl (C=O) groups excluding carboxylic acids is 4. The molecular weight excluding hydrogens is 509 g/mol. The molecular formula is C27H30FN5O6. The Labute approximate surface area is 224 Å². The van der Waals surface area contributed by atoms with E-state index in [-0.39, 0.29) is 30.4 Å². The maximum absolute atomic E-state index is 13.6. The molecule has 2 aliphatic rings. The molecule has 1 aliphatic heterocycles. The van der Waals surface area contributed by atoms with Crippen molar-refractivity contribution >= 4 is 23.7 Å². The molecule has 2 heterocycles. The fourth-order valence-corrected chi connectivity index (χ4v) is 4.42. The van der Waals surface area contributed by atoms with Gasteiger partial charge in [0.1, 0.15) is 23.7 Å². The Bertz CT molecular complexity index is 1250. The third-order valence-electron chi connectivity index (χ3n) is 6.75. The lowest BCUT2D eigenvalue weighted by atomic mass is 9.89. The summed E-state index contributed by atoms with van der Waals surface area (Å²) < 4.78 is 23.8. The van der Waals surface area contributed by atoms with Crippen molar-refractivity contribution in [2.75, 3.05) is 6.54 Å². The summed E-state index contributed by atoms with van der Waals surface area (Å²) >= 11 is 0. The second-order valence-electron chi connectivity index (χ2n) is 9.92. The first-order valence-electron chi connectivity index (χ1n) is 12.9. The van der Waals surface area contributed by atoms with Crippen LogP contribution in [0.15, 0.2) is 34.9 Å². The third-order valence-corrected chi connectivity index (χ3v) is 6.75. The Kier molecular flexibility index (Phi) is 8.91. The van der Waals surface area contributed by atoms with E-state index in [2.05, 4.69) is 21.1 Å². The van der Waals surface area contributed by atoms with Crippen LogP contribution in [-0.2, 0) is 25.5 Å². The van der Waals surface area contributed by atoms with Crippen molar-refractivity contribution in [2.45, 2.75) is 63.6 Å². The van der Waals surface area contributed by atoms with Crippen molar-refractivity contribution in [1.82, 2.24) is 21.1 Å². The second-order valence-corrected chi connectivity index (χ2v) is 9.92. The lowest BCUT2D eigenvalue weighted by Gasteiger charge is -2.30. The van der Waals surface area contributed by atoms with Crippen LogP contribution in [0.2, 0.25) is 0 Å². The monoisotopic (exact) mass is 539 g/mol. The van der Waals surface area contributed by atoms with Crippen LogP contribution in [0.1, 0.15) is 53.9 Å². The van der Waals surface area contributed by atoms with Gasteiger partial charge in [0.15, 0.2) is 5.69 Å². The zero-order valence-corrected chi connectivity index (χ0v) is 21.4. The van der Waals surface area contributed by atoms with Gasteiger partial charge < -0.3 is 25.2 Å². The number of piperidine rings is 1. The van der Waals surface area contributed by atoms with E-state index in [0.717, 1.165) is 6.42 Å². The van der Waals surface area contributed by atoms with Crippen molar-refractivity contribution in [2.24, 2.45) is 11.8 Å². The van der Waals surface area contributed by atoms with Gasteiger partial charge in [0.2, 0.25) is 17.9 Å². The number of benzene rings is 1. The van der Waals surface area contributed by atoms with Crippen LogP contribution >= 0.6 is 0 Å². The van der Waals surface area contributed by atoms with Crippen LogP contribution in [0.25, 0.3) is 0 Å². The topological polar surface area (TPSA) is 163 Å². The first-order valence-corrected chi connectivity index (χ1v) is 12.9. The van der Waals surface area contributed by atoms with E-state index in [1.165, 1.54) is 30.3 Å². The number of hydrogen-bond donors (Lipinski definition) is 3. The summed E-state index contributed by atoms with van der Waals surface area (Å²) in [6.07, 6.45) is 1.35. The fourth-order valence-electron chi connectivity index (χ4n) is 4.42. The summed E-state index contributed by atoms with van der Waals surface area (Å²) in [4.78, 5) is 51.2. The zero-order valence-electron chi connectivity index (χ0n) is 21.4. The van der Waals surface area contributed by atoms with E-state index in [1.807, 2.05) is 6.07 Å². The minimum atomic E-state index is -1.34. The van der Waals surface area contributed by atoms with Gasteiger partial charge in [-0.15, -0.1) is 0 Å². The van der Waals surface area contributed by atoms with Crippen molar-refractivity contribution in [1.29, 1.82) is 5.26 Å². The molecule has 2 aromatic rings. The minimum Gasteiger partial charge on any atom is -0.444 e. The Morgan fingerprint density at radius 1 is 1.23 bits per heavy atom. The second kappa shape index (κ2) is 12.5. The number of carbonyl (C=O) groups is 4. The largest absolute Gasteiger partial charge is 0.444 e. The Balaban J connectivity index is 1.55. The maximum atomic E-state index is 13.6. The van der Waals surface area contributed by atoms with Crippen LogP contribution in [0, 0.1) is 35.9 Å². The average molecular weight is 540 g/mol. The number of nitriles is 1. The van der Waals surface area contributed by atoms with Gasteiger partial charge >= 0.3 is 5.97 Å². The fraction of sp³-hybridized carbons (Fsp3) is 0.481. The Hall–Kier alpha value is -4.27. The first kappa shape index (κ1) is 27.8. The van der Waals surface area contributed by atoms with Crippen molar-refractivity contribution in [3.63, 3.8) is 0 Å². The summed E-state index contributed by atoms with van der Waals surface area (Å²) in [6, 6.07) is 6.63. The Morgan fingerprint density at radius 2 is 1.97 bits per heavy atom. The quantitative estimate of drug-likeness (QED) is 0.363. The third kappa shape index (κ3) is 7.63. The smallest absolute Gasteiger partial charge is 0.310 e. The van der Waals surface area contributed by atoms with Gasteiger partial charge in [0.05, 0.1) is 12.0 Å². The highest BCUT2D eigenvalue weighted by atomic mass is 19.1. The van der Waals surface area contributed by atoms with Gasteiger partial charge in [-0.3, -0.25) is 19.2 Å². The van der Waals surface area contributed by atoms with Crippen LogP contribution < -0.4 is 16.0 Å². The van der Waals surface area contributed by atoms with Gasteiger partial charge in [0.25, 0.3) is 5.91 Å². The molecule has 1 aliphatic carbocycles. The van der Waals surface area contributed by atoms with Crippen LogP contribution in [0.4, 0.5) is 4.39 Å². The molecule has 0 bridgehead atoms. The molecule has 206 valence electrons. The molecule has 4 rings (SSSR count). The summed E-state index contributed by atoms with van der Waals surface area (Å²) in [5, 5.41) is 21.7. The van der Waals surface area contributed by atoms with Gasteiger partial charge in [0, 0.05) is 24.9 Å². The van der Waals surface area contributed by atoms with Crippen LogP contribution in [0.5, 0.6) is 0 Å². The zero-order chi connectivity index (χ0) is 27.9. The average Bonchev–Trinajstić information content (AvgIpc) is 3.68. The van der Waals surface area contributed by atoms with E-state index in [4.69, 9.17) is 9.26 Å². The van der Waals surface area contributed by atoms with Crippen LogP contribution in [-0.4, -0.2) is 53.6 Å². The molecule has 11 nitrogen and oxygen atoms in total. The molecule has 3 amide bonds. The summed E-state index contributed by atoms with van der Waals surface area (Å²) in [6.45, 7) is 2.15. The van der Waals surface area contributed by atoms with Crippen molar-refractivity contribution < 1.29 is 32.8 Å². The molecule has 1 aromatic carbocycles. The SMILES string of the molecule is Cc1cc(C(=O)N[C@@H](Cc2ccc(F)cc2)C(=O)N[C@@H](C[C@@H]2CCCNC2=O)[C@H](C#N)OC(=O)C2CC2)no1. The molecule has 4 atom stereocenters. The number of rotatable bonds is 11. The van der Waals surface area contributed by atoms with Crippen molar-refractivity contribution in [3.05, 3.63) is 53.2 Å². The Morgan fingerprint density at radius 3 is 2.59 bits per heavy atom. The predicted molar refractivity (Wildman–Crippen MR) is 133 cm³/mol. The number of nitrogens with zero attached hydrogens (tertiary/aromatic N) is 2. The molecule has 2 fully saturated rings. The predicted octanol–water partition coefficient (Wildman–Crippen LogP) is 1.71. The molecule has 1 saturated carbocycles. The van der Waals surface area contributed by atoms with Gasteiger partial charge in [-0.05, 0) is 56.7 Å². The standard InChI is InChI=1S/C27H30FN5O6/c1-15-11-22(33-39-15)26(36)32-21(12-16-4-8-19(28)9-5-16)25(35)31-20(13-18-3-2-10-30-24(18)34)23(14-29)38-27(37)17-6-7-17/h4-5,8-9,11,17-18,20-21,23H,2-3,6-7,10,12-13H2,1H3,(H,30,34)(H,31,35)(H,32,36)/t18-,20-,21-,23-/m0/s1. The first-order chi connectivity index (χ1) is 18.7.